The first-order valence-corrected chi connectivity index (χ1v) is 12.1. The smallest absolute Gasteiger partial charge is 0.504 e. The number of phenolic OH excluding ortho intramolecular Hbond substituents is 2. The van der Waals surface area contributed by atoms with Crippen molar-refractivity contribution >= 4 is 48.0 Å². The zero-order valence-electron chi connectivity index (χ0n) is 17.5. The van der Waals surface area contributed by atoms with E-state index in [9.17, 15) is 19.3 Å². The van der Waals surface area contributed by atoms with Crippen LogP contribution in [-0.4, -0.2) is 38.7 Å². The Morgan fingerprint density at radius 1 is 0.594 bits per heavy atom. The van der Waals surface area contributed by atoms with Gasteiger partial charge in [-0.25, -0.2) is 9.13 Å². The van der Waals surface area contributed by atoms with Gasteiger partial charge in [0.1, 0.15) is 0 Å². The Balaban J connectivity index is 2.16. The lowest BCUT2D eigenvalue weighted by atomic mass is 9.92. The minimum Gasteiger partial charge on any atom is -0.504 e. The molecule has 0 unspecified atom stereocenters. The highest BCUT2D eigenvalue weighted by molar-refractivity contribution is 7.49. The van der Waals surface area contributed by atoms with Crippen LogP contribution in [0, 0.1) is 0 Å². The van der Waals surface area contributed by atoms with Gasteiger partial charge < -0.3 is 19.3 Å². The Labute approximate surface area is 182 Å². The van der Waals surface area contributed by atoms with Crippen LogP contribution in [0.15, 0.2) is 36.4 Å². The van der Waals surface area contributed by atoms with Crippen molar-refractivity contribution in [1.82, 2.24) is 0 Å². The van der Waals surface area contributed by atoms with Gasteiger partial charge in [-0.15, -0.1) is 0 Å². The highest BCUT2D eigenvalue weighted by Gasteiger charge is 2.33. The van der Waals surface area contributed by atoms with E-state index >= 15 is 0 Å². The van der Waals surface area contributed by atoms with E-state index < -0.39 is 15.6 Å². The summed E-state index contributed by atoms with van der Waals surface area (Å²) in [6, 6.07) is 9.63. The van der Waals surface area contributed by atoms with Crippen LogP contribution in [0.2, 0.25) is 0 Å². The van der Waals surface area contributed by atoms with E-state index in [1.54, 1.807) is 36.4 Å². The van der Waals surface area contributed by atoms with E-state index in [2.05, 4.69) is 0 Å². The van der Waals surface area contributed by atoms with Crippen LogP contribution in [-0.2, 0) is 27.2 Å². The van der Waals surface area contributed by atoms with Gasteiger partial charge in [-0.2, -0.15) is 0 Å². The van der Waals surface area contributed by atoms with Crippen molar-refractivity contribution in [2.45, 2.75) is 0 Å². The molecule has 0 spiro atoms. The lowest BCUT2D eigenvalue weighted by Gasteiger charge is -2.22. The monoisotopic (exact) mass is 482 g/mol. The summed E-state index contributed by atoms with van der Waals surface area (Å²) in [5.74, 6) is -0.947. The molecule has 0 heterocycles. The number of benzene rings is 4. The molecule has 0 bridgehead atoms. The quantitative estimate of drug-likeness (QED) is 0.243. The predicted molar refractivity (Wildman–Crippen MR) is 118 cm³/mol. The van der Waals surface area contributed by atoms with Crippen molar-refractivity contribution in [3.63, 3.8) is 0 Å². The van der Waals surface area contributed by atoms with Gasteiger partial charge in [-0.3, -0.25) is 18.1 Å². The van der Waals surface area contributed by atoms with E-state index in [1.165, 1.54) is 0 Å². The van der Waals surface area contributed by atoms with Gasteiger partial charge in [-0.05, 0) is 0 Å². The van der Waals surface area contributed by atoms with Gasteiger partial charge in [0, 0.05) is 60.8 Å². The topological polar surface area (TPSA) is 130 Å². The molecule has 4 aromatic rings. The van der Waals surface area contributed by atoms with Gasteiger partial charge >= 0.3 is 15.6 Å². The standard InChI is InChI=1S/C20H20O10P2/c1-25-31(23,26-2)29-19-13-9-6-10-14-16(13)15-11(17(19)21)7-5-8-12(15)18(22)20(14)30-32(24,27-3)28-4/h5-10,21-22H,1-4H3. The maximum absolute atomic E-state index is 12.7. The molecule has 4 rings (SSSR count). The normalized spacial score (nSPS) is 12.8. The van der Waals surface area contributed by atoms with Crippen molar-refractivity contribution in [2.75, 3.05) is 28.4 Å². The molecule has 170 valence electrons. The number of rotatable bonds is 8. The van der Waals surface area contributed by atoms with E-state index in [4.69, 9.17) is 27.1 Å². The molecule has 0 aliphatic carbocycles. The molecule has 0 atom stereocenters. The van der Waals surface area contributed by atoms with Gasteiger partial charge in [-0.1, -0.05) is 36.4 Å². The average Bonchev–Trinajstić information content (AvgIpc) is 2.83. The largest absolute Gasteiger partial charge is 0.529 e. The Bertz CT molecular complexity index is 1300. The molecule has 2 N–H and O–H groups in total. The number of phosphoric acid groups is 2. The van der Waals surface area contributed by atoms with E-state index in [0.29, 0.717) is 32.3 Å². The Hall–Kier alpha value is -2.58. The third-order valence-corrected chi connectivity index (χ3v) is 7.71. The van der Waals surface area contributed by atoms with Gasteiger partial charge in [0.25, 0.3) is 0 Å². The molecule has 0 saturated carbocycles. The van der Waals surface area contributed by atoms with Crippen molar-refractivity contribution in [1.29, 1.82) is 0 Å². The van der Waals surface area contributed by atoms with Crippen LogP contribution >= 0.6 is 15.6 Å². The van der Waals surface area contributed by atoms with Crippen molar-refractivity contribution in [3.8, 4) is 23.0 Å². The fourth-order valence-corrected chi connectivity index (χ4v) is 5.04. The number of phosphoric ester groups is 2. The minimum absolute atomic E-state index is 0.152. The fraction of sp³-hybridized carbons (Fsp3) is 0.200. The molecule has 4 aromatic carbocycles. The molecule has 32 heavy (non-hydrogen) atoms. The lowest BCUT2D eigenvalue weighted by Crippen LogP contribution is -2.01. The molecule has 0 amide bonds. The van der Waals surface area contributed by atoms with E-state index in [0.717, 1.165) is 28.4 Å². The third kappa shape index (κ3) is 3.36. The minimum atomic E-state index is -4.03. The van der Waals surface area contributed by atoms with Crippen molar-refractivity contribution in [3.05, 3.63) is 36.4 Å². The molecule has 0 saturated heterocycles. The summed E-state index contributed by atoms with van der Waals surface area (Å²) in [7, 11) is -3.46. The Morgan fingerprint density at radius 2 is 0.906 bits per heavy atom. The number of aromatic hydroxyl groups is 2. The molecule has 0 radical (unpaired) electrons. The molecule has 0 aliphatic rings. The second-order valence-corrected chi connectivity index (χ2v) is 10.2. The van der Waals surface area contributed by atoms with Gasteiger partial charge in [0.15, 0.2) is 23.0 Å². The van der Waals surface area contributed by atoms with Gasteiger partial charge in [0.2, 0.25) is 0 Å². The highest BCUT2D eigenvalue weighted by atomic mass is 31.2. The second kappa shape index (κ2) is 8.08. The molecular weight excluding hydrogens is 462 g/mol. The SMILES string of the molecule is COP(=O)(OC)Oc1c(O)c2cccc3c(O)c(OP(=O)(OC)OC)c4cccc1c4c23. The molecular formula is C20H20O10P2. The first-order chi connectivity index (χ1) is 15.2. The summed E-state index contributed by atoms with van der Waals surface area (Å²) < 4.78 is 55.8. The fourth-order valence-electron chi connectivity index (χ4n) is 3.62. The molecule has 12 heteroatoms. The molecule has 0 aliphatic heterocycles. The number of hydrogen-bond acceptors (Lipinski definition) is 10. The van der Waals surface area contributed by atoms with Crippen LogP contribution in [0.25, 0.3) is 32.3 Å². The second-order valence-electron chi connectivity index (χ2n) is 6.62. The van der Waals surface area contributed by atoms with Crippen LogP contribution in [0.1, 0.15) is 0 Å². The van der Waals surface area contributed by atoms with E-state index in [1.807, 2.05) is 0 Å². The Morgan fingerprint density at radius 3 is 1.25 bits per heavy atom. The van der Waals surface area contributed by atoms with Crippen LogP contribution in [0.3, 0.4) is 0 Å². The highest BCUT2D eigenvalue weighted by Crippen LogP contribution is 2.59. The zero-order chi connectivity index (χ0) is 23.3. The molecule has 0 aromatic heterocycles. The summed E-state index contributed by atoms with van der Waals surface area (Å²) in [6.07, 6.45) is 0. The third-order valence-electron chi connectivity index (χ3n) is 5.11. The maximum atomic E-state index is 12.7. The number of phenols is 2. The zero-order valence-corrected chi connectivity index (χ0v) is 19.3. The van der Waals surface area contributed by atoms with Crippen LogP contribution in [0.4, 0.5) is 0 Å². The first-order valence-electron chi connectivity index (χ1n) is 9.19. The average molecular weight is 482 g/mol. The summed E-state index contributed by atoms with van der Waals surface area (Å²) in [5, 5.41) is 24.2. The van der Waals surface area contributed by atoms with Crippen LogP contribution in [0.5, 0.6) is 23.0 Å². The van der Waals surface area contributed by atoms with Gasteiger partial charge in [0.05, 0.1) is 0 Å². The predicted octanol–water partition coefficient (Wildman–Crippen LogP) is 5.55. The van der Waals surface area contributed by atoms with Crippen LogP contribution < -0.4 is 9.05 Å². The Kier molecular flexibility index (Phi) is 5.71. The van der Waals surface area contributed by atoms with Crippen molar-refractivity contribution in [2.24, 2.45) is 0 Å². The molecule has 0 fully saturated rings. The first kappa shape index (κ1) is 22.6. The maximum Gasteiger partial charge on any atom is 0.529 e. The molecule has 10 nitrogen and oxygen atoms in total. The lowest BCUT2D eigenvalue weighted by molar-refractivity contribution is 0.209. The summed E-state index contributed by atoms with van der Waals surface area (Å²) in [5.41, 5.74) is 0. The summed E-state index contributed by atoms with van der Waals surface area (Å²) in [4.78, 5) is 0. The summed E-state index contributed by atoms with van der Waals surface area (Å²) >= 11 is 0. The van der Waals surface area contributed by atoms with Crippen molar-refractivity contribution < 1.29 is 46.5 Å². The van der Waals surface area contributed by atoms with E-state index in [-0.39, 0.29) is 23.0 Å². The number of hydrogen-bond donors (Lipinski definition) is 2. The summed E-state index contributed by atoms with van der Waals surface area (Å²) in [6.45, 7) is 0.